The Morgan fingerprint density at radius 2 is 2.08 bits per heavy atom. The maximum atomic E-state index is 12.6. The number of aryl methyl sites for hydroxylation is 1. The van der Waals surface area contributed by atoms with E-state index in [-0.39, 0.29) is 5.78 Å². The lowest BCUT2D eigenvalue weighted by molar-refractivity contribution is 0.102. The number of carbonyl (C=O) groups is 1. The molecule has 2 aromatic rings. The maximum absolute atomic E-state index is 12.6. The van der Waals surface area contributed by atoms with E-state index in [0.29, 0.717) is 22.0 Å². The molecule has 2 aromatic carbocycles. The minimum absolute atomic E-state index is 0.0568. The molecule has 0 unspecified atom stereocenters. The van der Waals surface area contributed by atoms with Gasteiger partial charge in [0.2, 0.25) is 0 Å². The molecule has 0 radical (unpaired) electrons. The number of halogens is 2. The van der Waals surface area contributed by atoms with Gasteiger partial charge in [0.25, 0.3) is 0 Å². The van der Waals surface area contributed by atoms with E-state index in [0.717, 1.165) is 21.5 Å². The van der Waals surface area contributed by atoms with Crippen molar-refractivity contribution in [2.45, 2.75) is 18.7 Å². The van der Waals surface area contributed by atoms with Crippen LogP contribution >= 0.6 is 39.3 Å². The predicted molar refractivity (Wildman–Crippen MR) is 112 cm³/mol. The zero-order valence-corrected chi connectivity index (χ0v) is 17.6. The first-order valence-electron chi connectivity index (χ1n) is 7.87. The van der Waals surface area contributed by atoms with Gasteiger partial charge in [-0.1, -0.05) is 23.7 Å². The minimum atomic E-state index is 0.0568. The lowest BCUT2D eigenvalue weighted by atomic mass is 10.0. The van der Waals surface area contributed by atoms with Crippen LogP contribution in [-0.4, -0.2) is 36.4 Å². The summed E-state index contributed by atoms with van der Waals surface area (Å²) in [4.78, 5) is 20.0. The largest absolute Gasteiger partial charge is 0.366 e. The standard InChI is InChI=1S/C19H20BrClN2OS/c1-4-23(3)12-22-17-9-13(2)14(10-16(17)21)18(24)11-25-19-8-6-5-7-15(19)20/h5-10,12H,4,11H2,1-3H3/b22-12-. The van der Waals surface area contributed by atoms with Gasteiger partial charge >= 0.3 is 0 Å². The van der Waals surface area contributed by atoms with Gasteiger partial charge < -0.3 is 4.90 Å². The van der Waals surface area contributed by atoms with Gasteiger partial charge in [-0.25, -0.2) is 4.99 Å². The van der Waals surface area contributed by atoms with Gasteiger partial charge in [-0.15, -0.1) is 11.8 Å². The number of thioether (sulfide) groups is 1. The molecule has 0 aliphatic carbocycles. The number of nitrogens with zero attached hydrogens (tertiary/aromatic N) is 2. The molecule has 0 aliphatic rings. The molecule has 0 heterocycles. The highest BCUT2D eigenvalue weighted by molar-refractivity contribution is 9.10. The van der Waals surface area contributed by atoms with Crippen molar-refractivity contribution in [1.29, 1.82) is 0 Å². The Bertz CT molecular complexity index is 795. The molecule has 25 heavy (non-hydrogen) atoms. The molecular formula is C19H20BrClN2OS. The van der Waals surface area contributed by atoms with Crippen molar-refractivity contribution in [3.05, 3.63) is 57.0 Å². The van der Waals surface area contributed by atoms with Crippen molar-refractivity contribution in [2.75, 3.05) is 19.3 Å². The second-order valence-corrected chi connectivity index (χ2v) is 7.86. The van der Waals surface area contributed by atoms with Crippen LogP contribution in [0, 0.1) is 6.92 Å². The van der Waals surface area contributed by atoms with Crippen LogP contribution in [0.2, 0.25) is 5.02 Å². The van der Waals surface area contributed by atoms with Gasteiger partial charge in [-0.3, -0.25) is 4.79 Å². The van der Waals surface area contributed by atoms with E-state index in [9.17, 15) is 4.79 Å². The highest BCUT2D eigenvalue weighted by Crippen LogP contribution is 2.31. The van der Waals surface area contributed by atoms with E-state index in [1.807, 2.05) is 56.1 Å². The normalized spacial score (nSPS) is 11.1. The fourth-order valence-corrected chi connectivity index (χ4v) is 3.75. The molecule has 3 nitrogen and oxygen atoms in total. The molecule has 0 aromatic heterocycles. The summed E-state index contributed by atoms with van der Waals surface area (Å²) in [5.41, 5.74) is 2.20. The zero-order chi connectivity index (χ0) is 18.4. The van der Waals surface area contributed by atoms with Crippen molar-refractivity contribution in [2.24, 2.45) is 4.99 Å². The minimum Gasteiger partial charge on any atom is -0.366 e. The Balaban J connectivity index is 2.13. The van der Waals surface area contributed by atoms with Crippen LogP contribution in [0.25, 0.3) is 0 Å². The van der Waals surface area contributed by atoms with Gasteiger partial charge in [0.1, 0.15) is 0 Å². The Morgan fingerprint density at radius 1 is 1.36 bits per heavy atom. The molecule has 6 heteroatoms. The van der Waals surface area contributed by atoms with Crippen LogP contribution < -0.4 is 0 Å². The first kappa shape index (κ1) is 20.0. The van der Waals surface area contributed by atoms with E-state index >= 15 is 0 Å². The van der Waals surface area contributed by atoms with Gasteiger partial charge in [-0.2, -0.15) is 0 Å². The number of Topliss-reactive ketones (excluding diaryl/α,β-unsaturated/α-hetero) is 1. The van der Waals surface area contributed by atoms with Crippen LogP contribution in [0.4, 0.5) is 5.69 Å². The first-order valence-corrected chi connectivity index (χ1v) is 10.0. The van der Waals surface area contributed by atoms with Crippen LogP contribution in [0.5, 0.6) is 0 Å². The first-order chi connectivity index (χ1) is 11.9. The number of hydrogen-bond donors (Lipinski definition) is 0. The molecule has 0 fully saturated rings. The third-order valence-corrected chi connectivity index (χ3v) is 6.01. The second kappa shape index (κ2) is 9.41. The highest BCUT2D eigenvalue weighted by Gasteiger charge is 2.13. The Hall–Kier alpha value is -1.30. The molecule has 0 saturated carbocycles. The van der Waals surface area contributed by atoms with Gasteiger partial charge in [0.05, 0.1) is 22.8 Å². The predicted octanol–water partition coefficient (Wildman–Crippen LogP) is 6.00. The zero-order valence-electron chi connectivity index (χ0n) is 14.4. The van der Waals surface area contributed by atoms with Crippen LogP contribution in [-0.2, 0) is 0 Å². The topological polar surface area (TPSA) is 32.7 Å². The lowest BCUT2D eigenvalue weighted by Gasteiger charge is -2.11. The lowest BCUT2D eigenvalue weighted by Crippen LogP contribution is -2.14. The molecule has 132 valence electrons. The average Bonchev–Trinajstić information content (AvgIpc) is 2.60. The average molecular weight is 440 g/mol. The quantitative estimate of drug-likeness (QED) is 0.230. The van der Waals surface area contributed by atoms with E-state index in [1.54, 1.807) is 12.4 Å². The number of hydrogen-bond acceptors (Lipinski definition) is 3. The molecular weight excluding hydrogens is 420 g/mol. The summed E-state index contributed by atoms with van der Waals surface area (Å²) in [6.07, 6.45) is 1.74. The molecule has 0 spiro atoms. The summed E-state index contributed by atoms with van der Waals surface area (Å²) in [6.45, 7) is 4.82. The van der Waals surface area contributed by atoms with Crippen LogP contribution in [0.15, 0.2) is 50.8 Å². The van der Waals surface area contributed by atoms with Crippen molar-refractivity contribution < 1.29 is 4.79 Å². The van der Waals surface area contributed by atoms with E-state index < -0.39 is 0 Å². The summed E-state index contributed by atoms with van der Waals surface area (Å²) >= 11 is 11.3. The van der Waals surface area contributed by atoms with E-state index in [2.05, 4.69) is 20.9 Å². The third kappa shape index (κ3) is 5.59. The summed E-state index contributed by atoms with van der Waals surface area (Å²) in [5.74, 6) is 0.419. The molecule has 0 N–H and O–H groups in total. The smallest absolute Gasteiger partial charge is 0.173 e. The SMILES string of the molecule is CCN(C)/C=N\c1cc(C)c(C(=O)CSc2ccccc2Br)cc1Cl. The van der Waals surface area contributed by atoms with Crippen molar-refractivity contribution in [1.82, 2.24) is 4.90 Å². The number of ketones is 1. The number of benzene rings is 2. The van der Waals surface area contributed by atoms with Crippen LogP contribution in [0.1, 0.15) is 22.8 Å². The molecule has 0 aliphatic heterocycles. The number of rotatable bonds is 7. The van der Waals surface area contributed by atoms with Crippen LogP contribution in [0.3, 0.4) is 0 Å². The van der Waals surface area contributed by atoms with Gasteiger partial charge in [0, 0.05) is 28.5 Å². The Kier molecular flexibility index (Phi) is 7.54. The molecule has 0 bridgehead atoms. The molecule has 0 amide bonds. The second-order valence-electron chi connectivity index (χ2n) is 5.58. The highest BCUT2D eigenvalue weighted by atomic mass is 79.9. The fourth-order valence-electron chi connectivity index (χ4n) is 2.09. The van der Waals surface area contributed by atoms with Gasteiger partial charge in [-0.05, 0) is 59.6 Å². The molecule has 0 saturated heterocycles. The number of aliphatic imine (C=N–C) groups is 1. The monoisotopic (exact) mass is 438 g/mol. The van der Waals surface area contributed by atoms with Crippen molar-refractivity contribution >= 4 is 57.1 Å². The van der Waals surface area contributed by atoms with Crippen molar-refractivity contribution in [3.8, 4) is 0 Å². The molecule has 2 rings (SSSR count). The maximum Gasteiger partial charge on any atom is 0.173 e. The third-order valence-electron chi connectivity index (χ3n) is 3.68. The summed E-state index contributed by atoms with van der Waals surface area (Å²) in [5, 5.41) is 0.487. The fraction of sp³-hybridized carbons (Fsp3) is 0.263. The van der Waals surface area contributed by atoms with Crippen molar-refractivity contribution in [3.63, 3.8) is 0 Å². The summed E-state index contributed by atoms with van der Waals surface area (Å²) in [6, 6.07) is 11.4. The molecule has 0 atom stereocenters. The van der Waals surface area contributed by atoms with E-state index in [1.165, 1.54) is 11.8 Å². The Labute approximate surface area is 166 Å². The Morgan fingerprint density at radius 3 is 2.76 bits per heavy atom. The summed E-state index contributed by atoms with van der Waals surface area (Å²) in [7, 11) is 1.95. The number of carbonyl (C=O) groups excluding carboxylic acids is 1. The summed E-state index contributed by atoms with van der Waals surface area (Å²) < 4.78 is 0.993. The van der Waals surface area contributed by atoms with E-state index in [4.69, 9.17) is 11.6 Å². The van der Waals surface area contributed by atoms with Gasteiger partial charge in [0.15, 0.2) is 5.78 Å².